The van der Waals surface area contributed by atoms with Gasteiger partial charge in [0.05, 0.1) is 5.52 Å². The normalized spacial score (nSPS) is 11.4. The molecule has 0 aliphatic carbocycles. The molecule has 0 bridgehead atoms. The minimum atomic E-state index is -4.46. The number of rotatable bonds is 4. The fraction of sp³-hybridized carbons (Fsp3) is 0.200. The number of pyridine rings is 1. The van der Waals surface area contributed by atoms with Gasteiger partial charge in [0.1, 0.15) is 6.54 Å². The van der Waals surface area contributed by atoms with Crippen molar-refractivity contribution in [1.82, 2.24) is 9.88 Å². The molecule has 1 heterocycles. The predicted octanol–water partition coefficient (Wildman–Crippen LogP) is 3.43. The summed E-state index contributed by atoms with van der Waals surface area (Å²) < 4.78 is 37.7. The van der Waals surface area contributed by atoms with Crippen molar-refractivity contribution < 1.29 is 18.0 Å². The zero-order valence-corrected chi connectivity index (χ0v) is 11.1. The van der Waals surface area contributed by atoms with Gasteiger partial charge in [-0.15, -0.1) is 6.58 Å². The molecule has 0 atom stereocenters. The Morgan fingerprint density at radius 2 is 2.05 bits per heavy atom. The van der Waals surface area contributed by atoms with Crippen LogP contribution in [0, 0.1) is 0 Å². The number of hydrogen-bond acceptors (Lipinski definition) is 2. The van der Waals surface area contributed by atoms with E-state index in [2.05, 4.69) is 11.6 Å². The van der Waals surface area contributed by atoms with Crippen molar-refractivity contribution >= 4 is 16.8 Å². The van der Waals surface area contributed by atoms with Crippen molar-refractivity contribution in [1.29, 1.82) is 0 Å². The summed E-state index contributed by atoms with van der Waals surface area (Å²) in [4.78, 5) is 17.2. The second-order valence-electron chi connectivity index (χ2n) is 4.47. The van der Waals surface area contributed by atoms with Crippen LogP contribution in [0.15, 0.2) is 49.2 Å². The Balaban J connectivity index is 2.41. The number of amides is 1. The molecular formula is C15H13F3N2O. The van der Waals surface area contributed by atoms with Gasteiger partial charge in [-0.2, -0.15) is 13.2 Å². The van der Waals surface area contributed by atoms with Crippen molar-refractivity contribution in [2.24, 2.45) is 0 Å². The third kappa shape index (κ3) is 3.59. The highest BCUT2D eigenvalue weighted by Gasteiger charge is 2.33. The highest BCUT2D eigenvalue weighted by molar-refractivity contribution is 6.06. The molecule has 6 heteroatoms. The summed E-state index contributed by atoms with van der Waals surface area (Å²) in [6.07, 6.45) is -1.62. The standard InChI is InChI=1S/C15H13F3N2O/c1-2-9-20(10-15(16,17)18)14(21)12-5-3-7-13-11(12)6-4-8-19-13/h2-8H,1,9-10H2. The lowest BCUT2D eigenvalue weighted by Crippen LogP contribution is -2.39. The quantitative estimate of drug-likeness (QED) is 0.809. The summed E-state index contributed by atoms with van der Waals surface area (Å²) in [5.41, 5.74) is 0.764. The number of hydrogen-bond donors (Lipinski definition) is 0. The highest BCUT2D eigenvalue weighted by Crippen LogP contribution is 2.21. The molecule has 0 saturated carbocycles. The molecule has 0 saturated heterocycles. The smallest absolute Gasteiger partial charge is 0.326 e. The summed E-state index contributed by atoms with van der Waals surface area (Å²) in [6.45, 7) is 1.91. The Bertz CT molecular complexity index is 662. The summed E-state index contributed by atoms with van der Waals surface area (Å²) in [6, 6.07) is 8.10. The SMILES string of the molecule is C=CCN(CC(F)(F)F)C(=O)c1cccc2ncccc12. The third-order valence-corrected chi connectivity index (χ3v) is 2.88. The molecule has 0 fully saturated rings. The van der Waals surface area contributed by atoms with Crippen LogP contribution >= 0.6 is 0 Å². The Hall–Kier alpha value is -2.37. The van der Waals surface area contributed by atoms with Gasteiger partial charge >= 0.3 is 6.18 Å². The molecule has 0 aliphatic heterocycles. The first kappa shape index (κ1) is 15.0. The Kier molecular flexibility index (Phi) is 4.26. The number of carbonyl (C=O) groups is 1. The van der Waals surface area contributed by atoms with Crippen LogP contribution in [0.3, 0.4) is 0 Å². The van der Waals surface area contributed by atoms with Gasteiger partial charge in [-0.05, 0) is 18.2 Å². The van der Waals surface area contributed by atoms with Crippen LogP contribution < -0.4 is 0 Å². The fourth-order valence-electron chi connectivity index (χ4n) is 2.05. The lowest BCUT2D eigenvalue weighted by molar-refractivity contribution is -0.139. The van der Waals surface area contributed by atoms with E-state index in [-0.39, 0.29) is 12.1 Å². The van der Waals surface area contributed by atoms with E-state index in [1.165, 1.54) is 12.1 Å². The van der Waals surface area contributed by atoms with E-state index < -0.39 is 18.6 Å². The number of halogens is 3. The number of aromatic nitrogens is 1. The second kappa shape index (κ2) is 5.95. The van der Waals surface area contributed by atoms with E-state index >= 15 is 0 Å². The molecule has 110 valence electrons. The molecule has 0 aliphatic rings. The molecule has 3 nitrogen and oxygen atoms in total. The molecule has 1 amide bonds. The maximum absolute atomic E-state index is 12.6. The predicted molar refractivity (Wildman–Crippen MR) is 73.9 cm³/mol. The molecule has 0 unspecified atom stereocenters. The number of alkyl halides is 3. The number of nitrogens with zero attached hydrogens (tertiary/aromatic N) is 2. The first-order valence-electron chi connectivity index (χ1n) is 6.23. The first-order valence-corrected chi connectivity index (χ1v) is 6.23. The van der Waals surface area contributed by atoms with Gasteiger partial charge in [0, 0.05) is 23.7 Å². The minimum absolute atomic E-state index is 0.172. The average Bonchev–Trinajstić information content (AvgIpc) is 2.44. The lowest BCUT2D eigenvalue weighted by atomic mass is 10.1. The second-order valence-corrected chi connectivity index (χ2v) is 4.47. The Labute approximate surface area is 119 Å². The Morgan fingerprint density at radius 1 is 1.29 bits per heavy atom. The molecule has 2 rings (SSSR count). The number of carbonyl (C=O) groups excluding carboxylic acids is 1. The van der Waals surface area contributed by atoms with Crippen molar-refractivity contribution in [3.05, 3.63) is 54.7 Å². The maximum Gasteiger partial charge on any atom is 0.406 e. The van der Waals surface area contributed by atoms with Gasteiger partial charge in [0.2, 0.25) is 0 Å². The van der Waals surface area contributed by atoms with Crippen LogP contribution in [0.1, 0.15) is 10.4 Å². The molecule has 1 aromatic carbocycles. The van der Waals surface area contributed by atoms with Crippen LogP contribution in [-0.4, -0.2) is 35.1 Å². The highest BCUT2D eigenvalue weighted by atomic mass is 19.4. The molecule has 21 heavy (non-hydrogen) atoms. The Morgan fingerprint density at radius 3 is 2.71 bits per heavy atom. The van der Waals surface area contributed by atoms with Crippen LogP contribution in [0.5, 0.6) is 0 Å². The van der Waals surface area contributed by atoms with Crippen LogP contribution in [0.25, 0.3) is 10.9 Å². The van der Waals surface area contributed by atoms with E-state index in [4.69, 9.17) is 0 Å². The van der Waals surface area contributed by atoms with Gasteiger partial charge in [-0.3, -0.25) is 9.78 Å². The zero-order chi connectivity index (χ0) is 15.5. The average molecular weight is 294 g/mol. The molecule has 0 N–H and O–H groups in total. The van der Waals surface area contributed by atoms with Crippen molar-refractivity contribution in [2.45, 2.75) is 6.18 Å². The van der Waals surface area contributed by atoms with Crippen molar-refractivity contribution in [2.75, 3.05) is 13.1 Å². The van der Waals surface area contributed by atoms with Crippen LogP contribution in [0.2, 0.25) is 0 Å². The monoisotopic (exact) mass is 294 g/mol. The summed E-state index contributed by atoms with van der Waals surface area (Å²) >= 11 is 0. The van der Waals surface area contributed by atoms with Gasteiger partial charge in [-0.25, -0.2) is 0 Å². The van der Waals surface area contributed by atoms with E-state index in [0.717, 1.165) is 4.90 Å². The van der Waals surface area contributed by atoms with E-state index in [0.29, 0.717) is 10.9 Å². The van der Waals surface area contributed by atoms with Crippen molar-refractivity contribution in [3.63, 3.8) is 0 Å². The van der Waals surface area contributed by atoms with Crippen molar-refractivity contribution in [3.8, 4) is 0 Å². The van der Waals surface area contributed by atoms with Gasteiger partial charge in [0.25, 0.3) is 5.91 Å². The van der Waals surface area contributed by atoms with Gasteiger partial charge < -0.3 is 4.90 Å². The zero-order valence-electron chi connectivity index (χ0n) is 11.1. The van der Waals surface area contributed by atoms with E-state index in [1.807, 2.05) is 0 Å². The molecular weight excluding hydrogens is 281 g/mol. The first-order chi connectivity index (χ1) is 9.92. The lowest BCUT2D eigenvalue weighted by Gasteiger charge is -2.23. The molecule has 0 radical (unpaired) electrons. The summed E-state index contributed by atoms with van der Waals surface area (Å²) in [5.74, 6) is -0.689. The largest absolute Gasteiger partial charge is 0.406 e. The minimum Gasteiger partial charge on any atom is -0.326 e. The van der Waals surface area contributed by atoms with Crippen LogP contribution in [-0.2, 0) is 0 Å². The molecule has 2 aromatic rings. The molecule has 1 aromatic heterocycles. The molecule has 0 spiro atoms. The van der Waals surface area contributed by atoms with Gasteiger partial charge in [0.15, 0.2) is 0 Å². The number of benzene rings is 1. The third-order valence-electron chi connectivity index (χ3n) is 2.88. The maximum atomic E-state index is 12.6. The summed E-state index contributed by atoms with van der Waals surface area (Å²) in [5, 5.41) is 0.529. The van der Waals surface area contributed by atoms with E-state index in [1.54, 1.807) is 30.5 Å². The van der Waals surface area contributed by atoms with Gasteiger partial charge in [-0.1, -0.05) is 18.2 Å². The summed E-state index contributed by atoms with van der Waals surface area (Å²) in [7, 11) is 0. The van der Waals surface area contributed by atoms with Crippen LogP contribution in [0.4, 0.5) is 13.2 Å². The topological polar surface area (TPSA) is 33.2 Å². The number of fused-ring (bicyclic) bond motifs is 1. The fourth-order valence-corrected chi connectivity index (χ4v) is 2.05. The van der Waals surface area contributed by atoms with E-state index in [9.17, 15) is 18.0 Å².